The summed E-state index contributed by atoms with van der Waals surface area (Å²) in [5.41, 5.74) is 12.4. The predicted octanol–water partition coefficient (Wildman–Crippen LogP) is 2.72. The summed E-state index contributed by atoms with van der Waals surface area (Å²) in [6.07, 6.45) is 0. The van der Waals surface area contributed by atoms with Crippen LogP contribution in [0.5, 0.6) is 0 Å². The number of benzene rings is 1. The number of nitrogens with zero attached hydrogens (tertiary/aromatic N) is 1. The minimum atomic E-state index is -0.540. The van der Waals surface area contributed by atoms with E-state index in [2.05, 4.69) is 0 Å². The first kappa shape index (κ1) is 13.7. The third-order valence-corrected chi connectivity index (χ3v) is 3.86. The van der Waals surface area contributed by atoms with Gasteiger partial charge in [-0.05, 0) is 23.6 Å². The second-order valence-electron chi connectivity index (χ2n) is 4.20. The normalized spacial score (nSPS) is 10.4. The molecule has 2 rings (SSSR count). The zero-order valence-electron chi connectivity index (χ0n) is 10.4. The molecule has 2 aromatic rings. The SMILES string of the molecule is CN(Cc1cccs1)c1c(Cl)cc(N)cc1C(N)=O. The van der Waals surface area contributed by atoms with Crippen molar-refractivity contribution in [2.45, 2.75) is 6.54 Å². The second kappa shape index (κ2) is 5.50. The molecule has 1 aromatic heterocycles. The fourth-order valence-electron chi connectivity index (χ4n) is 1.91. The maximum Gasteiger partial charge on any atom is 0.250 e. The van der Waals surface area contributed by atoms with Gasteiger partial charge in [-0.25, -0.2) is 0 Å². The van der Waals surface area contributed by atoms with Crippen molar-refractivity contribution in [2.24, 2.45) is 5.73 Å². The van der Waals surface area contributed by atoms with Gasteiger partial charge in [-0.2, -0.15) is 0 Å². The van der Waals surface area contributed by atoms with Gasteiger partial charge >= 0.3 is 0 Å². The highest BCUT2D eigenvalue weighted by Crippen LogP contribution is 2.32. The third-order valence-electron chi connectivity index (χ3n) is 2.71. The van der Waals surface area contributed by atoms with Crippen LogP contribution in [0.2, 0.25) is 5.02 Å². The Morgan fingerprint density at radius 2 is 2.21 bits per heavy atom. The maximum absolute atomic E-state index is 11.5. The molecule has 0 bridgehead atoms. The molecule has 0 radical (unpaired) electrons. The maximum atomic E-state index is 11.5. The Kier molecular flexibility index (Phi) is 3.97. The van der Waals surface area contributed by atoms with Gasteiger partial charge in [0.2, 0.25) is 0 Å². The topological polar surface area (TPSA) is 72.3 Å². The van der Waals surface area contributed by atoms with Gasteiger partial charge in [0.15, 0.2) is 0 Å². The fraction of sp³-hybridized carbons (Fsp3) is 0.154. The van der Waals surface area contributed by atoms with Crippen LogP contribution in [0.4, 0.5) is 11.4 Å². The number of rotatable bonds is 4. The molecule has 0 unspecified atom stereocenters. The largest absolute Gasteiger partial charge is 0.399 e. The molecule has 1 amide bonds. The molecule has 6 heteroatoms. The highest BCUT2D eigenvalue weighted by molar-refractivity contribution is 7.09. The summed E-state index contributed by atoms with van der Waals surface area (Å²) in [6, 6.07) is 7.17. The molecule has 0 fully saturated rings. The van der Waals surface area contributed by atoms with Crippen LogP contribution in [0.25, 0.3) is 0 Å². The number of primary amides is 1. The summed E-state index contributed by atoms with van der Waals surface area (Å²) in [6.45, 7) is 0.654. The Morgan fingerprint density at radius 1 is 1.47 bits per heavy atom. The molecule has 4 N–H and O–H groups in total. The van der Waals surface area contributed by atoms with E-state index in [1.165, 1.54) is 4.88 Å². The van der Waals surface area contributed by atoms with Crippen molar-refractivity contribution in [3.05, 3.63) is 45.1 Å². The lowest BCUT2D eigenvalue weighted by molar-refractivity contribution is 0.100. The Hall–Kier alpha value is -1.72. The van der Waals surface area contributed by atoms with Gasteiger partial charge in [0.1, 0.15) is 0 Å². The molecule has 0 aliphatic rings. The van der Waals surface area contributed by atoms with Crippen molar-refractivity contribution < 1.29 is 4.79 Å². The molecule has 0 saturated carbocycles. The van der Waals surface area contributed by atoms with E-state index < -0.39 is 5.91 Å². The predicted molar refractivity (Wildman–Crippen MR) is 80.8 cm³/mol. The van der Waals surface area contributed by atoms with E-state index in [1.807, 2.05) is 29.5 Å². The van der Waals surface area contributed by atoms with Crippen LogP contribution in [0.15, 0.2) is 29.6 Å². The quantitative estimate of drug-likeness (QED) is 0.852. The molecular formula is C13H14ClN3OS. The smallest absolute Gasteiger partial charge is 0.250 e. The molecule has 1 aromatic carbocycles. The molecule has 100 valence electrons. The van der Waals surface area contributed by atoms with Gasteiger partial charge in [0.25, 0.3) is 5.91 Å². The lowest BCUT2D eigenvalue weighted by Gasteiger charge is -2.22. The van der Waals surface area contributed by atoms with Crippen molar-refractivity contribution in [3.8, 4) is 0 Å². The zero-order chi connectivity index (χ0) is 14.0. The minimum Gasteiger partial charge on any atom is -0.399 e. The molecular weight excluding hydrogens is 282 g/mol. The lowest BCUT2D eigenvalue weighted by Crippen LogP contribution is -2.22. The Labute approximate surface area is 120 Å². The molecule has 4 nitrogen and oxygen atoms in total. The molecule has 0 aliphatic heterocycles. The van der Waals surface area contributed by atoms with Gasteiger partial charge in [0, 0.05) is 17.6 Å². The van der Waals surface area contributed by atoms with Crippen molar-refractivity contribution in [3.63, 3.8) is 0 Å². The first-order chi connectivity index (χ1) is 8.99. The number of anilines is 2. The van der Waals surface area contributed by atoms with Crippen LogP contribution in [-0.2, 0) is 6.54 Å². The van der Waals surface area contributed by atoms with E-state index in [9.17, 15) is 4.79 Å². The van der Waals surface area contributed by atoms with Crippen molar-refractivity contribution in [2.75, 3.05) is 17.7 Å². The van der Waals surface area contributed by atoms with E-state index >= 15 is 0 Å². The van der Waals surface area contributed by atoms with Crippen LogP contribution in [0, 0.1) is 0 Å². The first-order valence-electron chi connectivity index (χ1n) is 5.61. The van der Waals surface area contributed by atoms with Crippen molar-refractivity contribution >= 4 is 40.2 Å². The van der Waals surface area contributed by atoms with E-state index in [0.29, 0.717) is 28.5 Å². The fourth-order valence-corrected chi connectivity index (χ4v) is 3.04. The number of halogens is 1. The molecule has 0 saturated heterocycles. The molecule has 0 atom stereocenters. The molecule has 0 aliphatic carbocycles. The Bertz CT molecular complexity index is 598. The number of nitrogens with two attached hydrogens (primary N) is 2. The minimum absolute atomic E-state index is 0.337. The third kappa shape index (κ3) is 3.00. The number of carbonyl (C=O) groups is 1. The molecule has 19 heavy (non-hydrogen) atoms. The number of nitrogen functional groups attached to an aromatic ring is 1. The van der Waals surface area contributed by atoms with Crippen LogP contribution in [-0.4, -0.2) is 13.0 Å². The number of amides is 1. The molecule has 0 spiro atoms. The zero-order valence-corrected chi connectivity index (χ0v) is 12.0. The summed E-state index contributed by atoms with van der Waals surface area (Å²) >= 11 is 7.83. The number of hydrogen-bond acceptors (Lipinski definition) is 4. The van der Waals surface area contributed by atoms with Gasteiger partial charge in [-0.1, -0.05) is 17.7 Å². The van der Waals surface area contributed by atoms with Gasteiger partial charge in [-0.3, -0.25) is 4.79 Å². The number of thiophene rings is 1. The number of hydrogen-bond donors (Lipinski definition) is 2. The summed E-state index contributed by atoms with van der Waals surface area (Å²) in [7, 11) is 1.86. The first-order valence-corrected chi connectivity index (χ1v) is 6.87. The Balaban J connectivity index is 2.40. The summed E-state index contributed by atoms with van der Waals surface area (Å²) in [5.74, 6) is -0.540. The van der Waals surface area contributed by atoms with Crippen LogP contribution >= 0.6 is 22.9 Å². The number of carbonyl (C=O) groups excluding carboxylic acids is 1. The van der Waals surface area contributed by atoms with Gasteiger partial charge in [0.05, 0.1) is 22.8 Å². The van der Waals surface area contributed by atoms with Gasteiger partial charge in [-0.15, -0.1) is 11.3 Å². The van der Waals surface area contributed by atoms with Crippen molar-refractivity contribution in [1.82, 2.24) is 0 Å². The van der Waals surface area contributed by atoms with Crippen molar-refractivity contribution in [1.29, 1.82) is 0 Å². The van der Waals surface area contributed by atoms with E-state index in [0.717, 1.165) is 0 Å². The molecule has 1 heterocycles. The highest BCUT2D eigenvalue weighted by Gasteiger charge is 2.17. The van der Waals surface area contributed by atoms with E-state index in [-0.39, 0.29) is 0 Å². The van der Waals surface area contributed by atoms with Gasteiger partial charge < -0.3 is 16.4 Å². The Morgan fingerprint density at radius 3 is 2.79 bits per heavy atom. The average Bonchev–Trinajstić information content (AvgIpc) is 2.80. The highest BCUT2D eigenvalue weighted by atomic mass is 35.5. The van der Waals surface area contributed by atoms with Crippen LogP contribution in [0.3, 0.4) is 0 Å². The van der Waals surface area contributed by atoms with Crippen LogP contribution < -0.4 is 16.4 Å². The van der Waals surface area contributed by atoms with Crippen LogP contribution in [0.1, 0.15) is 15.2 Å². The summed E-state index contributed by atoms with van der Waals surface area (Å²) in [5, 5.41) is 2.43. The summed E-state index contributed by atoms with van der Waals surface area (Å²) < 4.78 is 0. The monoisotopic (exact) mass is 295 g/mol. The second-order valence-corrected chi connectivity index (χ2v) is 5.64. The summed E-state index contributed by atoms with van der Waals surface area (Å²) in [4.78, 5) is 14.6. The standard InChI is InChI=1S/C13H14ClN3OS/c1-17(7-9-3-2-4-19-9)12-10(13(16)18)5-8(15)6-11(12)14/h2-6H,7,15H2,1H3,(H2,16,18). The van der Waals surface area contributed by atoms with E-state index in [1.54, 1.807) is 23.5 Å². The van der Waals surface area contributed by atoms with E-state index in [4.69, 9.17) is 23.1 Å². The lowest BCUT2D eigenvalue weighted by atomic mass is 10.1. The average molecular weight is 296 g/mol.